The quantitative estimate of drug-likeness (QED) is 0.821. The first kappa shape index (κ1) is 16.7. The number of aryl methyl sites for hydroxylation is 2. The second-order valence-electron chi connectivity index (χ2n) is 5.53. The van der Waals surface area contributed by atoms with Crippen LogP contribution in [0.15, 0.2) is 28.7 Å². The summed E-state index contributed by atoms with van der Waals surface area (Å²) < 4.78 is 1.06. The number of aromatic nitrogens is 2. The van der Waals surface area contributed by atoms with Crippen molar-refractivity contribution in [3.05, 3.63) is 40.0 Å². The smallest absolute Gasteiger partial charge is 0.229 e. The van der Waals surface area contributed by atoms with Crippen molar-refractivity contribution in [2.24, 2.45) is 0 Å². The maximum Gasteiger partial charge on any atom is 0.229 e. The van der Waals surface area contributed by atoms with Gasteiger partial charge in [0.2, 0.25) is 5.95 Å². The number of rotatable bonds is 6. The Kier molecular flexibility index (Phi) is 5.74. The summed E-state index contributed by atoms with van der Waals surface area (Å²) >= 11 is 3.47. The van der Waals surface area contributed by atoms with Gasteiger partial charge in [0.05, 0.1) is 0 Å². The third kappa shape index (κ3) is 4.96. The first-order valence-corrected chi connectivity index (χ1v) is 8.01. The van der Waals surface area contributed by atoms with Gasteiger partial charge < -0.3 is 15.5 Å². The number of hydrogen-bond acceptors (Lipinski definition) is 5. The molecule has 0 spiro atoms. The van der Waals surface area contributed by atoms with Crippen LogP contribution >= 0.6 is 15.9 Å². The van der Waals surface area contributed by atoms with Gasteiger partial charge in [0.25, 0.3) is 0 Å². The van der Waals surface area contributed by atoms with Crippen LogP contribution in [-0.4, -0.2) is 42.1 Å². The van der Waals surface area contributed by atoms with Crippen LogP contribution in [0.3, 0.4) is 0 Å². The number of nitrogens with zero attached hydrogens (tertiary/aromatic N) is 3. The van der Waals surface area contributed by atoms with Crippen molar-refractivity contribution in [3.8, 4) is 0 Å². The van der Waals surface area contributed by atoms with E-state index in [-0.39, 0.29) is 0 Å². The van der Waals surface area contributed by atoms with Crippen LogP contribution in [0, 0.1) is 13.8 Å². The predicted octanol–water partition coefficient (Wildman–Crippen LogP) is 3.57. The van der Waals surface area contributed by atoms with Crippen molar-refractivity contribution in [1.82, 2.24) is 14.9 Å². The molecule has 0 saturated carbocycles. The van der Waals surface area contributed by atoms with Crippen LogP contribution in [0.25, 0.3) is 0 Å². The van der Waals surface area contributed by atoms with Crippen LogP contribution in [0.1, 0.15) is 11.3 Å². The van der Waals surface area contributed by atoms with Gasteiger partial charge in [-0.15, -0.1) is 0 Å². The number of nitrogens with one attached hydrogen (secondary N) is 2. The molecule has 22 heavy (non-hydrogen) atoms. The molecule has 2 N–H and O–H groups in total. The fourth-order valence-electron chi connectivity index (χ4n) is 2.01. The summed E-state index contributed by atoms with van der Waals surface area (Å²) in [5, 5.41) is 6.61. The van der Waals surface area contributed by atoms with Gasteiger partial charge in [0.15, 0.2) is 0 Å². The highest BCUT2D eigenvalue weighted by Crippen LogP contribution is 2.23. The minimum absolute atomic E-state index is 0.609. The van der Waals surface area contributed by atoms with Crippen molar-refractivity contribution in [3.63, 3.8) is 0 Å². The van der Waals surface area contributed by atoms with E-state index in [2.05, 4.69) is 68.5 Å². The van der Waals surface area contributed by atoms with Crippen LogP contribution in [0.4, 0.5) is 17.5 Å². The molecule has 6 heteroatoms. The zero-order valence-corrected chi connectivity index (χ0v) is 15.0. The number of likely N-dealkylation sites (N-methyl/N-ethyl adjacent to an activating group) is 1. The van der Waals surface area contributed by atoms with E-state index in [1.54, 1.807) is 0 Å². The fourth-order valence-corrected chi connectivity index (χ4v) is 2.49. The molecular weight excluding hydrogens is 342 g/mol. The van der Waals surface area contributed by atoms with Crippen LogP contribution in [-0.2, 0) is 0 Å². The Bertz CT molecular complexity index is 642. The van der Waals surface area contributed by atoms with Crippen LogP contribution < -0.4 is 10.6 Å². The van der Waals surface area contributed by atoms with Gasteiger partial charge in [0, 0.05) is 35.0 Å². The maximum absolute atomic E-state index is 4.53. The van der Waals surface area contributed by atoms with E-state index in [4.69, 9.17) is 0 Å². The Morgan fingerprint density at radius 3 is 2.59 bits per heavy atom. The molecule has 0 saturated heterocycles. The molecule has 5 nitrogen and oxygen atoms in total. The first-order chi connectivity index (χ1) is 10.4. The Balaban J connectivity index is 2.12. The van der Waals surface area contributed by atoms with Gasteiger partial charge in [-0.05, 0) is 51.7 Å². The molecule has 118 valence electrons. The monoisotopic (exact) mass is 363 g/mol. The summed E-state index contributed by atoms with van der Waals surface area (Å²) in [6.45, 7) is 5.83. The Hall–Kier alpha value is -1.66. The number of anilines is 3. The third-order valence-corrected chi connectivity index (χ3v) is 3.65. The topological polar surface area (TPSA) is 53.1 Å². The summed E-state index contributed by atoms with van der Waals surface area (Å²) in [4.78, 5) is 11.1. The van der Waals surface area contributed by atoms with E-state index in [9.17, 15) is 0 Å². The highest BCUT2D eigenvalue weighted by atomic mass is 79.9. The molecule has 0 fully saturated rings. The van der Waals surface area contributed by atoms with Gasteiger partial charge in [-0.2, -0.15) is 4.98 Å². The molecule has 1 aromatic heterocycles. The zero-order valence-electron chi connectivity index (χ0n) is 13.4. The largest absolute Gasteiger partial charge is 0.369 e. The molecule has 0 aliphatic rings. The number of halogens is 1. The number of benzene rings is 1. The van der Waals surface area contributed by atoms with Crippen molar-refractivity contribution >= 4 is 33.4 Å². The van der Waals surface area contributed by atoms with Crippen molar-refractivity contribution in [1.29, 1.82) is 0 Å². The second kappa shape index (κ2) is 7.56. The van der Waals surface area contributed by atoms with E-state index >= 15 is 0 Å². The molecule has 1 aromatic carbocycles. The van der Waals surface area contributed by atoms with Crippen molar-refractivity contribution in [2.75, 3.05) is 37.8 Å². The zero-order chi connectivity index (χ0) is 16.1. The highest BCUT2D eigenvalue weighted by Gasteiger charge is 2.05. The lowest BCUT2D eigenvalue weighted by Crippen LogP contribution is -2.21. The predicted molar refractivity (Wildman–Crippen MR) is 96.0 cm³/mol. The third-order valence-electron chi connectivity index (χ3n) is 3.15. The van der Waals surface area contributed by atoms with E-state index in [1.807, 2.05) is 25.1 Å². The molecular formula is C16H22BrN5. The molecule has 2 rings (SSSR count). The van der Waals surface area contributed by atoms with E-state index in [0.29, 0.717) is 5.95 Å². The molecule has 0 unspecified atom stereocenters. The van der Waals surface area contributed by atoms with Crippen LogP contribution in [0.5, 0.6) is 0 Å². The maximum atomic E-state index is 4.53. The van der Waals surface area contributed by atoms with E-state index in [1.165, 1.54) is 0 Å². The lowest BCUT2D eigenvalue weighted by molar-refractivity contribution is 0.425. The molecule has 0 aliphatic carbocycles. The molecule has 1 heterocycles. The molecule has 0 radical (unpaired) electrons. The van der Waals surface area contributed by atoms with Crippen molar-refractivity contribution < 1.29 is 0 Å². The van der Waals surface area contributed by atoms with Gasteiger partial charge in [0.1, 0.15) is 5.82 Å². The average Bonchev–Trinajstić information content (AvgIpc) is 2.41. The molecule has 0 atom stereocenters. The Morgan fingerprint density at radius 2 is 1.91 bits per heavy atom. The highest BCUT2D eigenvalue weighted by molar-refractivity contribution is 9.10. The lowest BCUT2D eigenvalue weighted by Gasteiger charge is -2.13. The standard InChI is InChI=1S/C16H22BrN5/c1-11-9-13(17)5-6-14(11)20-16-19-12(2)10-15(21-16)18-7-8-22(3)4/h5-6,9-10H,7-8H2,1-4H3,(H2,18,19,20,21). The SMILES string of the molecule is Cc1cc(NCCN(C)C)nc(Nc2ccc(Br)cc2C)n1. The molecule has 2 aromatic rings. The first-order valence-electron chi connectivity index (χ1n) is 7.21. The van der Waals surface area contributed by atoms with E-state index < -0.39 is 0 Å². The summed E-state index contributed by atoms with van der Waals surface area (Å²) in [6, 6.07) is 8.04. The summed E-state index contributed by atoms with van der Waals surface area (Å²) in [7, 11) is 4.10. The molecule has 0 aliphatic heterocycles. The van der Waals surface area contributed by atoms with Gasteiger partial charge in [-0.3, -0.25) is 0 Å². The number of hydrogen-bond donors (Lipinski definition) is 2. The summed E-state index contributed by atoms with van der Waals surface area (Å²) in [5.74, 6) is 1.45. The summed E-state index contributed by atoms with van der Waals surface area (Å²) in [5.41, 5.74) is 3.08. The average molecular weight is 364 g/mol. The summed E-state index contributed by atoms with van der Waals surface area (Å²) in [6.07, 6.45) is 0. The van der Waals surface area contributed by atoms with E-state index in [0.717, 1.165) is 40.3 Å². The lowest BCUT2D eigenvalue weighted by atomic mass is 10.2. The van der Waals surface area contributed by atoms with Gasteiger partial charge in [-0.25, -0.2) is 4.98 Å². The minimum Gasteiger partial charge on any atom is -0.369 e. The second-order valence-corrected chi connectivity index (χ2v) is 6.45. The molecule has 0 amide bonds. The fraction of sp³-hybridized carbons (Fsp3) is 0.375. The molecule has 0 bridgehead atoms. The minimum atomic E-state index is 0.609. The van der Waals surface area contributed by atoms with Crippen molar-refractivity contribution in [2.45, 2.75) is 13.8 Å². The van der Waals surface area contributed by atoms with Crippen LogP contribution in [0.2, 0.25) is 0 Å². The Morgan fingerprint density at radius 1 is 1.14 bits per heavy atom. The van der Waals surface area contributed by atoms with Gasteiger partial charge in [-0.1, -0.05) is 15.9 Å². The van der Waals surface area contributed by atoms with Gasteiger partial charge >= 0.3 is 0 Å². The Labute approximate surface area is 140 Å². The normalized spacial score (nSPS) is 10.8.